The molecule has 1 aromatic heterocycles. The van der Waals surface area contributed by atoms with E-state index in [1.54, 1.807) is 11.8 Å². The first-order valence-corrected chi connectivity index (χ1v) is 9.38. The number of hydrogen-bond donors (Lipinski definition) is 1. The van der Waals surface area contributed by atoms with Crippen LogP contribution >= 0.6 is 24.2 Å². The van der Waals surface area contributed by atoms with Gasteiger partial charge in [0.2, 0.25) is 0 Å². The number of aromatic nitrogens is 2. The highest BCUT2D eigenvalue weighted by molar-refractivity contribution is 7.98. The molecule has 1 aromatic carbocycles. The van der Waals surface area contributed by atoms with E-state index in [-0.39, 0.29) is 12.4 Å². The minimum atomic E-state index is 0. The van der Waals surface area contributed by atoms with E-state index < -0.39 is 0 Å². The van der Waals surface area contributed by atoms with Crippen molar-refractivity contribution in [1.82, 2.24) is 9.97 Å². The van der Waals surface area contributed by atoms with E-state index in [1.165, 1.54) is 18.5 Å². The van der Waals surface area contributed by atoms with Gasteiger partial charge in [0.1, 0.15) is 5.82 Å². The van der Waals surface area contributed by atoms with E-state index >= 15 is 0 Å². The van der Waals surface area contributed by atoms with Crippen LogP contribution < -0.4 is 10.2 Å². The second-order valence-corrected chi connectivity index (χ2v) is 7.00. The summed E-state index contributed by atoms with van der Waals surface area (Å²) in [5, 5.41) is 4.17. The Morgan fingerprint density at radius 2 is 1.79 bits per heavy atom. The van der Waals surface area contributed by atoms with Crippen LogP contribution in [0.5, 0.6) is 0 Å². The lowest BCUT2D eigenvalue weighted by molar-refractivity contribution is 0.438. The molecule has 0 unspecified atom stereocenters. The fourth-order valence-electron chi connectivity index (χ4n) is 2.87. The molecule has 1 aliphatic heterocycles. The summed E-state index contributed by atoms with van der Waals surface area (Å²) in [6.07, 6.45) is 4.57. The molecule has 0 radical (unpaired) electrons. The van der Waals surface area contributed by atoms with Crippen molar-refractivity contribution in [2.45, 2.75) is 31.8 Å². The van der Waals surface area contributed by atoms with Crippen LogP contribution in [-0.4, -0.2) is 29.3 Å². The third-order valence-electron chi connectivity index (χ3n) is 4.30. The molecule has 0 aliphatic carbocycles. The lowest BCUT2D eigenvalue weighted by atomic mass is 9.99. The van der Waals surface area contributed by atoms with Crippen LogP contribution in [0, 0.1) is 12.8 Å². The highest BCUT2D eigenvalue weighted by Gasteiger charge is 2.15. The molecule has 0 saturated carbocycles. The van der Waals surface area contributed by atoms with Gasteiger partial charge in [-0.25, -0.2) is 9.97 Å². The van der Waals surface area contributed by atoms with Crippen LogP contribution in [0.1, 0.15) is 25.5 Å². The van der Waals surface area contributed by atoms with Crippen molar-refractivity contribution in [3.8, 4) is 0 Å². The molecule has 0 bridgehead atoms. The minimum absolute atomic E-state index is 0. The molecule has 1 fully saturated rings. The Balaban J connectivity index is 0.00000208. The predicted molar refractivity (Wildman–Crippen MR) is 106 cm³/mol. The molecule has 3 rings (SSSR count). The van der Waals surface area contributed by atoms with Gasteiger partial charge in [0.05, 0.1) is 0 Å². The van der Waals surface area contributed by atoms with Crippen molar-refractivity contribution in [2.24, 2.45) is 5.92 Å². The van der Waals surface area contributed by atoms with Gasteiger partial charge in [-0.3, -0.25) is 0 Å². The molecule has 1 aliphatic rings. The van der Waals surface area contributed by atoms with E-state index in [4.69, 9.17) is 0 Å². The summed E-state index contributed by atoms with van der Waals surface area (Å²) in [4.78, 5) is 11.4. The van der Waals surface area contributed by atoms with Crippen LogP contribution in [0.2, 0.25) is 0 Å². The number of benzene rings is 1. The van der Waals surface area contributed by atoms with Crippen LogP contribution in [0.15, 0.2) is 35.5 Å². The molecule has 1 N–H and O–H groups in total. The molecule has 24 heavy (non-hydrogen) atoms. The largest absolute Gasteiger partial charge is 0.372 e. The number of nitrogens with one attached hydrogen (secondary N) is 1. The zero-order chi connectivity index (χ0) is 16.2. The Bertz CT molecular complexity index is 655. The Morgan fingerprint density at radius 3 is 2.42 bits per heavy atom. The number of thioether (sulfide) groups is 1. The Labute approximate surface area is 154 Å². The summed E-state index contributed by atoms with van der Waals surface area (Å²) in [5.41, 5.74) is 3.35. The number of piperidine rings is 1. The molecule has 0 atom stereocenters. The van der Waals surface area contributed by atoms with Gasteiger partial charge in [-0.15, -0.1) is 12.4 Å². The van der Waals surface area contributed by atoms with Gasteiger partial charge in [-0.05, 0) is 56.2 Å². The van der Waals surface area contributed by atoms with Gasteiger partial charge in [0.15, 0.2) is 5.16 Å². The van der Waals surface area contributed by atoms with E-state index in [1.807, 2.05) is 19.2 Å². The smallest absolute Gasteiger partial charge is 0.189 e. The lowest BCUT2D eigenvalue weighted by Gasteiger charge is -2.32. The number of anilines is 3. The van der Waals surface area contributed by atoms with Gasteiger partial charge < -0.3 is 10.2 Å². The average Bonchev–Trinajstić information content (AvgIpc) is 2.56. The first-order valence-electron chi connectivity index (χ1n) is 8.16. The number of hydrogen-bond acceptors (Lipinski definition) is 5. The van der Waals surface area contributed by atoms with Crippen LogP contribution in [0.3, 0.4) is 0 Å². The average molecular weight is 365 g/mol. The van der Waals surface area contributed by atoms with Crippen molar-refractivity contribution >= 4 is 41.4 Å². The normalized spacial score (nSPS) is 15.0. The fourth-order valence-corrected chi connectivity index (χ4v) is 3.29. The predicted octanol–water partition coefficient (Wildman–Crippen LogP) is 4.91. The van der Waals surface area contributed by atoms with Crippen molar-refractivity contribution in [3.63, 3.8) is 0 Å². The standard InChI is InChI=1S/C18H24N4S.ClH/c1-13-8-10-22(11-9-13)16-6-4-15(5-7-16)20-17-12-14(2)19-18(21-17)23-3;/h4-7,12-13H,8-11H2,1-3H3,(H,19,20,21);1H. The molecular weight excluding hydrogens is 340 g/mol. The third-order valence-corrected chi connectivity index (χ3v) is 4.85. The monoisotopic (exact) mass is 364 g/mol. The summed E-state index contributed by atoms with van der Waals surface area (Å²) >= 11 is 1.56. The lowest BCUT2D eigenvalue weighted by Crippen LogP contribution is -2.32. The minimum Gasteiger partial charge on any atom is -0.372 e. The summed E-state index contributed by atoms with van der Waals surface area (Å²) < 4.78 is 0. The summed E-state index contributed by atoms with van der Waals surface area (Å²) in [7, 11) is 0. The first-order chi connectivity index (χ1) is 11.1. The van der Waals surface area contributed by atoms with Crippen LogP contribution in [-0.2, 0) is 0 Å². The maximum absolute atomic E-state index is 4.50. The van der Waals surface area contributed by atoms with Crippen LogP contribution in [0.4, 0.5) is 17.2 Å². The van der Waals surface area contributed by atoms with Crippen molar-refractivity contribution in [3.05, 3.63) is 36.0 Å². The number of halogens is 1. The maximum atomic E-state index is 4.50. The molecular formula is C18H25ClN4S. The van der Waals surface area contributed by atoms with Crippen LogP contribution in [0.25, 0.3) is 0 Å². The first kappa shape index (κ1) is 18.9. The number of rotatable bonds is 4. The Kier molecular flexibility index (Phi) is 6.75. The quantitative estimate of drug-likeness (QED) is 0.616. The fraction of sp³-hybridized carbons (Fsp3) is 0.444. The molecule has 6 heteroatoms. The molecule has 4 nitrogen and oxygen atoms in total. The second-order valence-electron chi connectivity index (χ2n) is 6.22. The second kappa shape index (κ2) is 8.58. The third kappa shape index (κ3) is 4.77. The topological polar surface area (TPSA) is 41.1 Å². The SMILES string of the molecule is CSc1nc(C)cc(Nc2ccc(N3CCC(C)CC3)cc2)n1.Cl. The number of nitrogens with zero attached hydrogens (tertiary/aromatic N) is 3. The highest BCUT2D eigenvalue weighted by atomic mass is 35.5. The zero-order valence-electron chi connectivity index (χ0n) is 14.5. The zero-order valence-corrected chi connectivity index (χ0v) is 16.1. The van der Waals surface area contributed by atoms with E-state index in [2.05, 4.69) is 51.4 Å². The molecule has 1 saturated heterocycles. The van der Waals surface area contributed by atoms with E-state index in [0.717, 1.165) is 41.4 Å². The Morgan fingerprint density at radius 1 is 1.12 bits per heavy atom. The van der Waals surface area contributed by atoms with Gasteiger partial charge >= 0.3 is 0 Å². The van der Waals surface area contributed by atoms with E-state index in [0.29, 0.717) is 0 Å². The van der Waals surface area contributed by atoms with Gasteiger partial charge in [0, 0.05) is 36.2 Å². The Hall–Kier alpha value is -1.46. The van der Waals surface area contributed by atoms with Gasteiger partial charge in [-0.2, -0.15) is 0 Å². The summed E-state index contributed by atoms with van der Waals surface area (Å²) in [6, 6.07) is 10.6. The number of aryl methyl sites for hydroxylation is 1. The maximum Gasteiger partial charge on any atom is 0.189 e. The van der Waals surface area contributed by atoms with E-state index in [9.17, 15) is 0 Å². The highest BCUT2D eigenvalue weighted by Crippen LogP contribution is 2.25. The van der Waals surface area contributed by atoms with Crippen molar-refractivity contribution in [2.75, 3.05) is 29.6 Å². The van der Waals surface area contributed by atoms with Crippen molar-refractivity contribution in [1.29, 1.82) is 0 Å². The molecule has 130 valence electrons. The molecule has 2 aromatic rings. The van der Waals surface area contributed by atoms with Crippen molar-refractivity contribution < 1.29 is 0 Å². The molecule has 2 heterocycles. The van der Waals surface area contributed by atoms with Gasteiger partial charge in [0.25, 0.3) is 0 Å². The molecule has 0 amide bonds. The molecule has 0 spiro atoms. The summed E-state index contributed by atoms with van der Waals surface area (Å²) in [5.74, 6) is 1.71. The summed E-state index contributed by atoms with van der Waals surface area (Å²) in [6.45, 7) is 6.66. The van der Waals surface area contributed by atoms with Gasteiger partial charge in [-0.1, -0.05) is 18.7 Å².